The van der Waals surface area contributed by atoms with E-state index >= 15 is 0 Å². The first-order valence-electron chi connectivity index (χ1n) is 3.08. The van der Waals surface area contributed by atoms with Gasteiger partial charge in [0.1, 0.15) is 0 Å². The molecule has 0 saturated carbocycles. The Morgan fingerprint density at radius 1 is 1.78 bits per heavy atom. The summed E-state index contributed by atoms with van der Waals surface area (Å²) in [5.41, 5.74) is 5.45. The molecule has 0 fully saturated rings. The normalized spacial score (nSPS) is 14.9. The van der Waals surface area contributed by atoms with E-state index in [1.165, 1.54) is 0 Å². The highest BCUT2D eigenvalue weighted by atomic mass is 31.1. The van der Waals surface area contributed by atoms with Gasteiger partial charge in [-0.05, 0) is 19.8 Å². The Hall–Kier alpha value is 0.150. The van der Waals surface area contributed by atoms with E-state index in [1.54, 1.807) is 0 Å². The Bertz CT molecular complexity index is 77.4. The molecular formula is C5H14NO2P. The second-order valence-electron chi connectivity index (χ2n) is 2.09. The average Bonchev–Trinajstić information content (AvgIpc) is 1.80. The maximum Gasteiger partial charge on any atom is 0.179 e. The lowest BCUT2D eigenvalue weighted by Gasteiger charge is -2.01. The summed E-state index contributed by atoms with van der Waals surface area (Å²) in [5, 5.41) is 0. The van der Waals surface area contributed by atoms with Gasteiger partial charge in [0.25, 0.3) is 0 Å². The number of nitrogens with two attached hydrogens (primary N) is 1. The van der Waals surface area contributed by atoms with Crippen LogP contribution in [0, 0.1) is 0 Å². The molecule has 2 unspecified atom stereocenters. The third-order valence-electron chi connectivity index (χ3n) is 0.990. The fourth-order valence-corrected chi connectivity index (χ4v) is 0.800. The molecule has 0 saturated heterocycles. The summed E-state index contributed by atoms with van der Waals surface area (Å²) in [6.45, 7) is 2.53. The highest BCUT2D eigenvalue weighted by Crippen LogP contribution is 1.99. The van der Waals surface area contributed by atoms with Crippen molar-refractivity contribution in [2.75, 3.05) is 6.61 Å². The molecule has 0 bridgehead atoms. The van der Waals surface area contributed by atoms with Crippen molar-refractivity contribution in [3.8, 4) is 0 Å². The van der Waals surface area contributed by atoms with Gasteiger partial charge in [-0.3, -0.25) is 4.57 Å². The maximum absolute atomic E-state index is 9.80. The molecule has 0 aromatic heterocycles. The van der Waals surface area contributed by atoms with E-state index < -0.39 is 8.69 Å². The van der Waals surface area contributed by atoms with Crippen LogP contribution in [0.3, 0.4) is 0 Å². The van der Waals surface area contributed by atoms with Crippen LogP contribution < -0.4 is 5.73 Å². The summed E-state index contributed by atoms with van der Waals surface area (Å²) < 4.78 is 14.5. The molecule has 9 heavy (non-hydrogen) atoms. The van der Waals surface area contributed by atoms with Gasteiger partial charge in [-0.1, -0.05) is 0 Å². The monoisotopic (exact) mass is 151 g/mol. The summed E-state index contributed by atoms with van der Waals surface area (Å²) in [4.78, 5) is 0. The van der Waals surface area contributed by atoms with Gasteiger partial charge < -0.3 is 10.3 Å². The Morgan fingerprint density at radius 2 is 2.44 bits per heavy atom. The molecule has 0 heterocycles. The fourth-order valence-electron chi connectivity index (χ4n) is 0.537. The first kappa shape index (κ1) is 9.15. The van der Waals surface area contributed by atoms with Crippen molar-refractivity contribution in [3.63, 3.8) is 0 Å². The SMILES string of the molecule is CC(N)CCCO[PH2]=O. The molecule has 56 valence electrons. The molecule has 0 radical (unpaired) electrons. The van der Waals surface area contributed by atoms with Gasteiger partial charge in [-0.25, -0.2) is 0 Å². The van der Waals surface area contributed by atoms with Crippen molar-refractivity contribution in [2.24, 2.45) is 5.73 Å². The molecule has 2 N–H and O–H groups in total. The Labute approximate surface area is 56.9 Å². The predicted molar refractivity (Wildman–Crippen MR) is 39.2 cm³/mol. The summed E-state index contributed by atoms with van der Waals surface area (Å²) in [6, 6.07) is 0.232. The van der Waals surface area contributed by atoms with E-state index in [4.69, 9.17) is 5.73 Å². The molecule has 2 atom stereocenters. The molecule has 0 amide bonds. The zero-order chi connectivity index (χ0) is 7.11. The molecule has 3 nitrogen and oxygen atoms in total. The van der Waals surface area contributed by atoms with Gasteiger partial charge in [0.15, 0.2) is 8.69 Å². The molecule has 0 rings (SSSR count). The summed E-state index contributed by atoms with van der Waals surface area (Å²) in [5.74, 6) is 0. The smallest absolute Gasteiger partial charge is 0.179 e. The van der Waals surface area contributed by atoms with Crippen LogP contribution in [0.5, 0.6) is 0 Å². The highest BCUT2D eigenvalue weighted by Gasteiger charge is 1.91. The minimum absolute atomic E-state index is 0.232. The Balaban J connectivity index is 2.82. The van der Waals surface area contributed by atoms with Crippen molar-refractivity contribution in [1.82, 2.24) is 0 Å². The lowest BCUT2D eigenvalue weighted by molar-refractivity contribution is 0.326. The molecular weight excluding hydrogens is 137 g/mol. The van der Waals surface area contributed by atoms with E-state index in [0.717, 1.165) is 12.8 Å². The van der Waals surface area contributed by atoms with Gasteiger partial charge >= 0.3 is 0 Å². The van der Waals surface area contributed by atoms with Crippen molar-refractivity contribution in [1.29, 1.82) is 0 Å². The zero-order valence-electron chi connectivity index (χ0n) is 5.67. The molecule has 0 aliphatic heterocycles. The van der Waals surface area contributed by atoms with Crippen LogP contribution in [-0.2, 0) is 9.09 Å². The molecule has 0 aliphatic carbocycles. The zero-order valence-corrected chi connectivity index (χ0v) is 6.82. The topological polar surface area (TPSA) is 52.3 Å². The molecule has 0 aromatic carbocycles. The largest absolute Gasteiger partial charge is 0.332 e. The number of hydrogen-bond acceptors (Lipinski definition) is 3. The number of hydrogen-bond donors (Lipinski definition) is 1. The first-order chi connectivity index (χ1) is 4.27. The van der Waals surface area contributed by atoms with Crippen molar-refractivity contribution >= 4 is 8.69 Å². The van der Waals surface area contributed by atoms with E-state index in [1.807, 2.05) is 6.92 Å². The Kier molecular flexibility index (Phi) is 6.38. The van der Waals surface area contributed by atoms with Crippen molar-refractivity contribution < 1.29 is 9.09 Å². The van der Waals surface area contributed by atoms with Gasteiger partial charge in [0, 0.05) is 6.04 Å². The van der Waals surface area contributed by atoms with Crippen LogP contribution in [0.1, 0.15) is 19.8 Å². The quantitative estimate of drug-likeness (QED) is 0.467. The standard InChI is InChI=1S/C5H14NO2P/c1-5(6)3-2-4-8-9-7/h5H,2-4,6,9H2,1H3. The van der Waals surface area contributed by atoms with Crippen molar-refractivity contribution in [3.05, 3.63) is 0 Å². The summed E-state index contributed by atoms with van der Waals surface area (Å²) in [6.07, 6.45) is 1.85. The average molecular weight is 151 g/mol. The lowest BCUT2D eigenvalue weighted by Crippen LogP contribution is -2.14. The third kappa shape index (κ3) is 8.15. The second kappa shape index (κ2) is 6.27. The second-order valence-corrected chi connectivity index (χ2v) is 2.61. The Morgan fingerprint density at radius 3 is 2.89 bits per heavy atom. The molecule has 0 aliphatic rings. The van der Waals surface area contributed by atoms with Crippen LogP contribution >= 0.6 is 8.69 Å². The first-order valence-corrected chi connectivity index (χ1v) is 4.02. The fraction of sp³-hybridized carbons (Fsp3) is 1.00. The van der Waals surface area contributed by atoms with Crippen molar-refractivity contribution in [2.45, 2.75) is 25.8 Å². The minimum atomic E-state index is -1.03. The predicted octanol–water partition coefficient (Wildman–Crippen LogP) is 0.802. The van der Waals surface area contributed by atoms with Crippen LogP contribution in [0.25, 0.3) is 0 Å². The highest BCUT2D eigenvalue weighted by molar-refractivity contribution is 7.17. The molecule has 0 aromatic rings. The maximum atomic E-state index is 9.80. The van der Waals surface area contributed by atoms with Gasteiger partial charge in [-0.15, -0.1) is 0 Å². The third-order valence-corrected chi connectivity index (χ3v) is 1.36. The summed E-state index contributed by atoms with van der Waals surface area (Å²) >= 11 is 0. The van der Waals surface area contributed by atoms with E-state index in [9.17, 15) is 4.57 Å². The lowest BCUT2D eigenvalue weighted by atomic mass is 10.2. The van der Waals surface area contributed by atoms with Crippen LogP contribution in [0.15, 0.2) is 0 Å². The van der Waals surface area contributed by atoms with Gasteiger partial charge in [0.05, 0.1) is 6.61 Å². The molecule has 0 spiro atoms. The van der Waals surface area contributed by atoms with Crippen LogP contribution in [0.4, 0.5) is 0 Å². The summed E-state index contributed by atoms with van der Waals surface area (Å²) in [7, 11) is -1.03. The number of rotatable bonds is 5. The van der Waals surface area contributed by atoms with E-state index in [-0.39, 0.29) is 6.04 Å². The van der Waals surface area contributed by atoms with Gasteiger partial charge in [0.2, 0.25) is 0 Å². The van der Waals surface area contributed by atoms with Gasteiger partial charge in [-0.2, -0.15) is 0 Å². The van der Waals surface area contributed by atoms with E-state index in [2.05, 4.69) is 4.52 Å². The van der Waals surface area contributed by atoms with Crippen LogP contribution in [0.2, 0.25) is 0 Å². The molecule has 4 heteroatoms. The van der Waals surface area contributed by atoms with E-state index in [0.29, 0.717) is 6.61 Å². The minimum Gasteiger partial charge on any atom is -0.332 e. The van der Waals surface area contributed by atoms with Crippen LogP contribution in [-0.4, -0.2) is 12.6 Å².